The fourth-order valence-electron chi connectivity index (χ4n) is 3.30. The number of thiophene rings is 1. The van der Waals surface area contributed by atoms with Crippen LogP contribution in [0.3, 0.4) is 0 Å². The minimum atomic E-state index is -3.83. The van der Waals surface area contributed by atoms with Gasteiger partial charge in [0.2, 0.25) is 0 Å². The smallest absolute Gasteiger partial charge is 0.307 e. The molecule has 0 aliphatic heterocycles. The predicted molar refractivity (Wildman–Crippen MR) is 125 cm³/mol. The molecule has 1 N–H and O–H groups in total. The second-order valence-electron chi connectivity index (χ2n) is 7.43. The number of carboxylic acids is 1. The molecule has 0 aliphatic carbocycles. The molecule has 0 spiro atoms. The van der Waals surface area contributed by atoms with Crippen LogP contribution < -0.4 is 0 Å². The lowest BCUT2D eigenvalue weighted by Crippen LogP contribution is -2.25. The third-order valence-electron chi connectivity index (χ3n) is 4.96. The monoisotopic (exact) mass is 479 g/mol. The number of rotatable bonds is 6. The quantitative estimate of drug-likeness (QED) is 0.410. The molecule has 1 atom stereocenters. The Hall–Kier alpha value is -3.54. The van der Waals surface area contributed by atoms with Crippen LogP contribution in [-0.4, -0.2) is 30.2 Å². The summed E-state index contributed by atoms with van der Waals surface area (Å²) in [7, 11) is -3.83. The first-order valence-electron chi connectivity index (χ1n) is 9.97. The van der Waals surface area contributed by atoms with E-state index in [2.05, 4.69) is 16.8 Å². The van der Waals surface area contributed by atoms with Crippen molar-refractivity contribution in [1.29, 1.82) is 0 Å². The summed E-state index contributed by atoms with van der Waals surface area (Å²) in [6.45, 7) is 0. The number of fused-ring (bicyclic) bond motifs is 1. The molecule has 0 unspecified atom stereocenters. The number of halogens is 1. The van der Waals surface area contributed by atoms with Gasteiger partial charge in [-0.25, -0.2) is 12.8 Å². The van der Waals surface area contributed by atoms with Gasteiger partial charge in [0.05, 0.1) is 22.1 Å². The van der Waals surface area contributed by atoms with E-state index in [0.29, 0.717) is 16.0 Å². The van der Waals surface area contributed by atoms with Crippen LogP contribution in [0.25, 0.3) is 10.9 Å². The zero-order chi connectivity index (χ0) is 23.4. The number of sulfone groups is 1. The molecule has 2 aromatic carbocycles. The average molecular weight is 480 g/mol. The van der Waals surface area contributed by atoms with Crippen molar-refractivity contribution in [3.63, 3.8) is 0 Å². The van der Waals surface area contributed by atoms with Crippen molar-refractivity contribution in [3.8, 4) is 11.8 Å². The number of aromatic nitrogens is 1. The zero-order valence-electron chi connectivity index (χ0n) is 17.2. The van der Waals surface area contributed by atoms with Gasteiger partial charge in [-0.05, 0) is 60.5 Å². The van der Waals surface area contributed by atoms with E-state index in [1.807, 2.05) is 30.3 Å². The molecule has 33 heavy (non-hydrogen) atoms. The fraction of sp³-hybridized carbons (Fsp3) is 0.120. The first-order valence-corrected chi connectivity index (χ1v) is 12.4. The van der Waals surface area contributed by atoms with E-state index < -0.39 is 27.5 Å². The van der Waals surface area contributed by atoms with Crippen LogP contribution in [0.15, 0.2) is 77.1 Å². The number of carboxylic acid groups (broad SMARTS) is 1. The highest BCUT2D eigenvalue weighted by Gasteiger charge is 2.28. The molecule has 4 rings (SSSR count). The average Bonchev–Trinajstić information content (AvgIpc) is 3.28. The number of hydrogen-bond acceptors (Lipinski definition) is 5. The van der Waals surface area contributed by atoms with E-state index in [0.717, 1.165) is 22.2 Å². The van der Waals surface area contributed by atoms with Gasteiger partial charge in [-0.2, -0.15) is 0 Å². The molecule has 2 heterocycles. The van der Waals surface area contributed by atoms with E-state index in [4.69, 9.17) is 0 Å². The van der Waals surface area contributed by atoms with Gasteiger partial charge in [0.1, 0.15) is 10.0 Å². The SMILES string of the molecule is O=C(O)[C@H](Cc1cnc2ccccc2c1)CS(=O)(=O)c1ccc(C#Cc2ccc(F)cc2)s1. The van der Waals surface area contributed by atoms with Crippen LogP contribution in [0.2, 0.25) is 0 Å². The highest BCUT2D eigenvalue weighted by Crippen LogP contribution is 2.25. The lowest BCUT2D eigenvalue weighted by atomic mass is 10.0. The molecule has 0 saturated heterocycles. The van der Waals surface area contributed by atoms with Crippen LogP contribution in [-0.2, 0) is 21.1 Å². The molecule has 2 aromatic heterocycles. The van der Waals surface area contributed by atoms with Gasteiger partial charge < -0.3 is 5.11 Å². The second kappa shape index (κ2) is 9.53. The summed E-state index contributed by atoms with van der Waals surface area (Å²) in [5.41, 5.74) is 2.05. The predicted octanol–water partition coefficient (Wildman–Crippen LogP) is 4.55. The molecule has 0 saturated carbocycles. The third-order valence-corrected chi connectivity index (χ3v) is 8.36. The van der Waals surface area contributed by atoms with Crippen molar-refractivity contribution in [2.75, 3.05) is 5.75 Å². The maximum Gasteiger partial charge on any atom is 0.307 e. The number of benzene rings is 2. The Labute approximate surface area is 194 Å². The van der Waals surface area contributed by atoms with Crippen LogP contribution in [0, 0.1) is 23.6 Å². The largest absolute Gasteiger partial charge is 0.481 e. The van der Waals surface area contributed by atoms with Crippen LogP contribution in [0.1, 0.15) is 16.0 Å². The first kappa shape index (κ1) is 22.6. The zero-order valence-corrected chi connectivity index (χ0v) is 18.9. The molecule has 5 nitrogen and oxygen atoms in total. The second-order valence-corrected chi connectivity index (χ2v) is 10.8. The van der Waals surface area contributed by atoms with Crippen LogP contribution in [0.5, 0.6) is 0 Å². The molecule has 0 amide bonds. The number of nitrogens with zero attached hydrogens (tertiary/aromatic N) is 1. The molecular formula is C25H18FNO4S2. The number of pyridine rings is 1. The minimum Gasteiger partial charge on any atom is -0.481 e. The third kappa shape index (κ3) is 5.64. The fourth-order valence-corrected chi connectivity index (χ4v) is 6.10. The van der Waals surface area contributed by atoms with Gasteiger partial charge in [0, 0.05) is 17.1 Å². The van der Waals surface area contributed by atoms with Crippen molar-refractivity contribution in [1.82, 2.24) is 4.98 Å². The molecule has 4 aromatic rings. The molecule has 0 fully saturated rings. The van der Waals surface area contributed by atoms with Gasteiger partial charge in [0.25, 0.3) is 0 Å². The molecule has 0 bridgehead atoms. The van der Waals surface area contributed by atoms with Gasteiger partial charge in [-0.1, -0.05) is 30.0 Å². The van der Waals surface area contributed by atoms with E-state index in [1.54, 1.807) is 12.3 Å². The highest BCUT2D eigenvalue weighted by atomic mass is 32.2. The summed E-state index contributed by atoms with van der Waals surface area (Å²) < 4.78 is 38.9. The van der Waals surface area contributed by atoms with Crippen LogP contribution in [0.4, 0.5) is 4.39 Å². The van der Waals surface area contributed by atoms with E-state index in [-0.39, 0.29) is 16.4 Å². The minimum absolute atomic E-state index is 0.0506. The van der Waals surface area contributed by atoms with Crippen molar-refractivity contribution >= 4 is 38.0 Å². The highest BCUT2D eigenvalue weighted by molar-refractivity contribution is 7.93. The van der Waals surface area contributed by atoms with E-state index in [9.17, 15) is 22.7 Å². The Bertz CT molecular complexity index is 1480. The topological polar surface area (TPSA) is 84.3 Å². The molecule has 0 aliphatic rings. The first-order chi connectivity index (χ1) is 15.8. The Kier molecular flexibility index (Phi) is 6.54. The molecular weight excluding hydrogens is 461 g/mol. The Morgan fingerprint density at radius 1 is 1.06 bits per heavy atom. The summed E-state index contributed by atoms with van der Waals surface area (Å²) >= 11 is 0.983. The maximum absolute atomic E-state index is 13.0. The van der Waals surface area contributed by atoms with E-state index >= 15 is 0 Å². The summed E-state index contributed by atoms with van der Waals surface area (Å²) in [6.07, 6.45) is 1.63. The Balaban J connectivity index is 1.51. The van der Waals surface area contributed by atoms with Gasteiger partial charge in [-0.15, -0.1) is 11.3 Å². The van der Waals surface area contributed by atoms with Gasteiger partial charge >= 0.3 is 5.97 Å². The number of para-hydroxylation sites is 1. The number of carbonyl (C=O) groups is 1. The van der Waals surface area contributed by atoms with Crippen LogP contribution >= 0.6 is 11.3 Å². The van der Waals surface area contributed by atoms with Crippen molar-refractivity contribution in [2.24, 2.45) is 5.92 Å². The molecule has 0 radical (unpaired) electrons. The lowest BCUT2D eigenvalue weighted by molar-refractivity contribution is -0.140. The molecule has 166 valence electrons. The van der Waals surface area contributed by atoms with Gasteiger partial charge in [0.15, 0.2) is 9.84 Å². The van der Waals surface area contributed by atoms with E-state index in [1.165, 1.54) is 30.3 Å². The number of aliphatic carboxylic acids is 1. The summed E-state index contributed by atoms with van der Waals surface area (Å²) in [5, 5.41) is 10.5. The Morgan fingerprint density at radius 2 is 1.82 bits per heavy atom. The van der Waals surface area contributed by atoms with Crippen molar-refractivity contribution in [2.45, 2.75) is 10.6 Å². The number of hydrogen-bond donors (Lipinski definition) is 1. The van der Waals surface area contributed by atoms with Gasteiger partial charge in [-0.3, -0.25) is 9.78 Å². The maximum atomic E-state index is 13.0. The lowest BCUT2D eigenvalue weighted by Gasteiger charge is -2.12. The van der Waals surface area contributed by atoms with Crippen molar-refractivity contribution in [3.05, 3.63) is 94.7 Å². The summed E-state index contributed by atoms with van der Waals surface area (Å²) in [5.74, 6) is 2.53. The summed E-state index contributed by atoms with van der Waals surface area (Å²) in [6, 6.07) is 18.0. The van der Waals surface area contributed by atoms with Crippen molar-refractivity contribution < 1.29 is 22.7 Å². The normalized spacial score (nSPS) is 12.2. The standard InChI is InChI=1S/C25H18FNO4S2/c26-21-8-5-17(6-9-21)7-10-22-11-12-24(32-22)33(30,31)16-20(25(28)29)14-18-13-19-3-1-2-4-23(19)27-15-18/h1-6,8-9,11-13,15,20H,14,16H2,(H,28,29)/t20-/m1/s1. The summed E-state index contributed by atoms with van der Waals surface area (Å²) in [4.78, 5) is 16.7. The Morgan fingerprint density at radius 3 is 2.58 bits per heavy atom. The molecule has 8 heteroatoms.